The molecule has 0 heterocycles. The predicted molar refractivity (Wildman–Crippen MR) is 150 cm³/mol. The highest BCUT2D eigenvalue weighted by Gasteiger charge is 2.40. The number of nitrogens with one attached hydrogen (secondary N) is 2. The Morgan fingerprint density at radius 3 is 2.11 bits per heavy atom. The minimum atomic E-state index is -0.823. The van der Waals surface area contributed by atoms with E-state index < -0.39 is 23.8 Å². The smallest absolute Gasteiger partial charge is 0.408 e. The maximum atomic E-state index is 14.4. The number of unbranched alkanes of at least 4 members (excludes halogenated alkanes) is 1. The summed E-state index contributed by atoms with van der Waals surface area (Å²) in [5, 5.41) is 5.88. The Balaban J connectivity index is 3.53. The third kappa shape index (κ3) is 11.1. The third-order valence-corrected chi connectivity index (χ3v) is 6.51. The predicted octanol–water partition coefficient (Wildman–Crippen LogP) is 6.24. The number of carbonyl (C=O) groups excluding carboxylic acids is 3. The highest BCUT2D eigenvalue weighted by Crippen LogP contribution is 2.29. The van der Waals surface area contributed by atoms with Gasteiger partial charge >= 0.3 is 6.09 Å². The van der Waals surface area contributed by atoms with E-state index in [1.165, 1.54) is 0 Å². The molecule has 2 N–H and O–H groups in total. The normalized spacial score (nSPS) is 14.9. The zero-order chi connectivity index (χ0) is 28.2. The summed E-state index contributed by atoms with van der Waals surface area (Å²) >= 11 is 0. The molecule has 37 heavy (non-hydrogen) atoms. The van der Waals surface area contributed by atoms with Gasteiger partial charge in [0.1, 0.15) is 17.7 Å². The van der Waals surface area contributed by atoms with Gasteiger partial charge < -0.3 is 20.3 Å². The number of nitrogens with zero attached hydrogens (tertiary/aromatic N) is 1. The third-order valence-electron chi connectivity index (χ3n) is 6.51. The fourth-order valence-corrected chi connectivity index (χ4v) is 4.15. The first-order chi connectivity index (χ1) is 17.3. The number of benzene rings is 1. The molecule has 0 spiro atoms. The van der Waals surface area contributed by atoms with Crippen molar-refractivity contribution in [2.45, 2.75) is 118 Å². The standard InChI is InChI=1S/C30H51N3O4/c1-10-12-20-31-27(34)26(24-16-14-13-15-17-24)33(23(6)19-18-21(3)4)28(35)25(22(5)11-2)32-29(36)37-30(7,8)9/h13-17,21-23,25-26H,10-12,18-20H2,1-9H3,(H,31,34)(H,32,36). The molecule has 7 heteroatoms. The number of hydrogen-bond donors (Lipinski definition) is 2. The van der Waals surface area contributed by atoms with Crippen molar-refractivity contribution in [3.8, 4) is 0 Å². The maximum absolute atomic E-state index is 14.4. The molecule has 0 saturated heterocycles. The summed E-state index contributed by atoms with van der Waals surface area (Å²) < 4.78 is 5.49. The van der Waals surface area contributed by atoms with Gasteiger partial charge in [-0.25, -0.2) is 4.79 Å². The highest BCUT2D eigenvalue weighted by molar-refractivity contribution is 5.92. The molecular weight excluding hydrogens is 466 g/mol. The summed E-state index contributed by atoms with van der Waals surface area (Å²) in [6.07, 6.45) is 3.52. The molecule has 0 aromatic heterocycles. The molecule has 0 aliphatic rings. The van der Waals surface area contributed by atoms with Gasteiger partial charge in [0.15, 0.2) is 0 Å². The van der Waals surface area contributed by atoms with Gasteiger partial charge in [-0.05, 0) is 64.4 Å². The molecule has 1 aromatic rings. The first-order valence-corrected chi connectivity index (χ1v) is 14.0. The van der Waals surface area contributed by atoms with E-state index in [1.54, 1.807) is 25.7 Å². The monoisotopic (exact) mass is 517 g/mol. The van der Waals surface area contributed by atoms with Crippen LogP contribution < -0.4 is 10.6 Å². The first kappa shape index (κ1) is 32.5. The molecular formula is C30H51N3O4. The Bertz CT molecular complexity index is 835. The van der Waals surface area contributed by atoms with E-state index in [-0.39, 0.29) is 23.8 Å². The van der Waals surface area contributed by atoms with Gasteiger partial charge in [0.05, 0.1) is 0 Å². The average molecular weight is 518 g/mol. The van der Waals surface area contributed by atoms with Gasteiger partial charge in [-0.3, -0.25) is 9.59 Å². The van der Waals surface area contributed by atoms with E-state index in [9.17, 15) is 14.4 Å². The Hall–Kier alpha value is -2.57. The van der Waals surface area contributed by atoms with Crippen molar-refractivity contribution in [1.29, 1.82) is 0 Å². The fourth-order valence-electron chi connectivity index (χ4n) is 4.15. The summed E-state index contributed by atoms with van der Waals surface area (Å²) in [5.41, 5.74) is 0.0600. The second-order valence-corrected chi connectivity index (χ2v) is 11.5. The van der Waals surface area contributed by atoms with E-state index in [0.29, 0.717) is 18.9 Å². The highest BCUT2D eigenvalue weighted by atomic mass is 16.6. The van der Waals surface area contributed by atoms with E-state index in [1.807, 2.05) is 51.1 Å². The van der Waals surface area contributed by atoms with Crippen molar-refractivity contribution >= 4 is 17.9 Å². The summed E-state index contributed by atoms with van der Waals surface area (Å²) in [4.78, 5) is 42.5. The Morgan fingerprint density at radius 2 is 1.59 bits per heavy atom. The molecule has 1 rings (SSSR count). The van der Waals surface area contributed by atoms with Crippen LogP contribution in [0.5, 0.6) is 0 Å². The molecule has 0 radical (unpaired) electrons. The summed E-state index contributed by atoms with van der Waals surface area (Å²) in [5.74, 6) is -0.168. The van der Waals surface area contributed by atoms with E-state index in [0.717, 1.165) is 31.2 Å². The van der Waals surface area contributed by atoms with Crippen LogP contribution in [-0.4, -0.2) is 47.0 Å². The van der Waals surface area contributed by atoms with Crippen LogP contribution in [0.25, 0.3) is 0 Å². The van der Waals surface area contributed by atoms with Crippen LogP contribution in [0.2, 0.25) is 0 Å². The lowest BCUT2D eigenvalue weighted by Crippen LogP contribution is -2.57. The molecule has 3 amide bonds. The molecule has 0 fully saturated rings. The van der Waals surface area contributed by atoms with Crippen LogP contribution >= 0.6 is 0 Å². The van der Waals surface area contributed by atoms with Crippen LogP contribution in [0.3, 0.4) is 0 Å². The minimum absolute atomic E-state index is 0.153. The second-order valence-electron chi connectivity index (χ2n) is 11.5. The number of amides is 3. The second kappa shape index (κ2) is 15.6. The van der Waals surface area contributed by atoms with Gasteiger partial charge in [0.25, 0.3) is 0 Å². The molecule has 4 atom stereocenters. The molecule has 0 aliphatic carbocycles. The topological polar surface area (TPSA) is 87.7 Å². The van der Waals surface area contributed by atoms with Gasteiger partial charge in [-0.15, -0.1) is 0 Å². The Kier molecular flexibility index (Phi) is 13.7. The number of rotatable bonds is 14. The quantitative estimate of drug-likeness (QED) is 0.286. The van der Waals surface area contributed by atoms with Crippen LogP contribution in [0.4, 0.5) is 4.79 Å². The molecule has 1 aromatic carbocycles. The lowest BCUT2D eigenvalue weighted by Gasteiger charge is -2.40. The maximum Gasteiger partial charge on any atom is 0.408 e. The molecule has 0 aliphatic heterocycles. The van der Waals surface area contributed by atoms with Gasteiger partial charge in [-0.1, -0.05) is 77.8 Å². The molecule has 4 unspecified atom stereocenters. The molecule has 210 valence electrons. The largest absolute Gasteiger partial charge is 0.444 e. The Morgan fingerprint density at radius 1 is 0.973 bits per heavy atom. The van der Waals surface area contributed by atoms with E-state index in [2.05, 4.69) is 31.4 Å². The van der Waals surface area contributed by atoms with Crippen LogP contribution in [0, 0.1) is 11.8 Å². The minimum Gasteiger partial charge on any atom is -0.444 e. The number of hydrogen-bond acceptors (Lipinski definition) is 4. The van der Waals surface area contributed by atoms with Crippen molar-refractivity contribution in [3.05, 3.63) is 35.9 Å². The van der Waals surface area contributed by atoms with E-state index in [4.69, 9.17) is 4.74 Å². The lowest BCUT2D eigenvalue weighted by molar-refractivity contribution is -0.146. The van der Waals surface area contributed by atoms with Crippen LogP contribution in [0.15, 0.2) is 30.3 Å². The van der Waals surface area contributed by atoms with Gasteiger partial charge in [-0.2, -0.15) is 0 Å². The van der Waals surface area contributed by atoms with Crippen molar-refractivity contribution in [2.24, 2.45) is 11.8 Å². The number of carbonyl (C=O) groups is 3. The van der Waals surface area contributed by atoms with Crippen LogP contribution in [-0.2, 0) is 14.3 Å². The first-order valence-electron chi connectivity index (χ1n) is 14.0. The van der Waals surface area contributed by atoms with Gasteiger partial charge in [0.2, 0.25) is 11.8 Å². The summed E-state index contributed by atoms with van der Waals surface area (Å²) in [6.45, 7) is 18.2. The molecule has 7 nitrogen and oxygen atoms in total. The lowest BCUT2D eigenvalue weighted by atomic mass is 9.93. The van der Waals surface area contributed by atoms with Crippen molar-refractivity contribution in [1.82, 2.24) is 15.5 Å². The van der Waals surface area contributed by atoms with Crippen molar-refractivity contribution in [3.63, 3.8) is 0 Å². The molecule has 0 bridgehead atoms. The molecule has 0 saturated carbocycles. The zero-order valence-electron chi connectivity index (χ0n) is 24.6. The van der Waals surface area contributed by atoms with E-state index >= 15 is 0 Å². The van der Waals surface area contributed by atoms with Gasteiger partial charge in [0, 0.05) is 12.6 Å². The fraction of sp³-hybridized carbons (Fsp3) is 0.700. The summed E-state index contributed by atoms with van der Waals surface area (Å²) in [6, 6.07) is 7.59. The van der Waals surface area contributed by atoms with Crippen molar-refractivity contribution < 1.29 is 19.1 Å². The van der Waals surface area contributed by atoms with Crippen LogP contribution in [0.1, 0.15) is 106 Å². The zero-order valence-corrected chi connectivity index (χ0v) is 24.6. The Labute approximate surface area is 225 Å². The average Bonchev–Trinajstić information content (AvgIpc) is 2.82. The number of ether oxygens (including phenoxy) is 1. The number of alkyl carbamates (subject to hydrolysis) is 1. The summed E-state index contributed by atoms with van der Waals surface area (Å²) in [7, 11) is 0. The van der Waals surface area contributed by atoms with Crippen molar-refractivity contribution in [2.75, 3.05) is 6.54 Å². The SMILES string of the molecule is CCCCNC(=O)C(c1ccccc1)N(C(=O)C(NC(=O)OC(C)(C)C)C(C)CC)C(C)CCC(C)C.